The molecule has 7 aromatic carbocycles. The van der Waals surface area contributed by atoms with Gasteiger partial charge in [0.2, 0.25) is 0 Å². The van der Waals surface area contributed by atoms with Crippen molar-refractivity contribution in [3.05, 3.63) is 199 Å². The molecule has 0 fully saturated rings. The third-order valence-corrected chi connectivity index (χ3v) is 12.2. The van der Waals surface area contributed by atoms with Gasteiger partial charge in [0.1, 0.15) is 0 Å². The van der Waals surface area contributed by atoms with Crippen LogP contribution in [0.2, 0.25) is 0 Å². The summed E-state index contributed by atoms with van der Waals surface area (Å²) in [4.78, 5) is 5.30. The fraction of sp³-hybridized carbons (Fsp3) is 0.0400. The number of benzene rings is 7. The van der Waals surface area contributed by atoms with E-state index >= 15 is 0 Å². The highest BCUT2D eigenvalue weighted by atomic mass is 15.3. The molecular formula is C50H32N4. The number of fused-ring (bicyclic) bond motifs is 12. The van der Waals surface area contributed by atoms with E-state index in [9.17, 15) is 0 Å². The summed E-state index contributed by atoms with van der Waals surface area (Å²) in [6, 6.07) is 67.3. The first-order chi connectivity index (χ1) is 26.9. The second-order valence-corrected chi connectivity index (χ2v) is 14.8. The highest BCUT2D eigenvalue weighted by Crippen LogP contribution is 2.65. The van der Waals surface area contributed by atoms with Crippen LogP contribution in [0.1, 0.15) is 22.7 Å². The standard InChI is InChI=1S/C50H32N4/c1-5-17-31(18-6-1)45-43-35-25-13-15-27-39(35)53-41-30-38-42(29-37(41)47(49(43)53)51(45)33-21-9-3-10-22-33)54-40-28-16-14-26-36(40)44-46(32-19-7-2-8-20-32)52(48(38)50(44)54)34-23-11-4-12-24-34/h1-30,47,49H. The Labute approximate surface area is 312 Å². The molecule has 13 rings (SSSR count). The fourth-order valence-corrected chi connectivity index (χ4v) is 10.3. The molecule has 2 atom stereocenters. The molecule has 6 heterocycles. The zero-order valence-electron chi connectivity index (χ0n) is 29.3. The summed E-state index contributed by atoms with van der Waals surface area (Å²) in [7, 11) is 0. The Morgan fingerprint density at radius 1 is 0.426 bits per heavy atom. The average Bonchev–Trinajstić information content (AvgIpc) is 4.06. The van der Waals surface area contributed by atoms with Gasteiger partial charge in [0.25, 0.3) is 0 Å². The number of hydrogen-bond donors (Lipinski definition) is 0. The highest BCUT2D eigenvalue weighted by Gasteiger charge is 2.56. The van der Waals surface area contributed by atoms with Crippen molar-refractivity contribution in [1.82, 2.24) is 8.97 Å². The summed E-state index contributed by atoms with van der Waals surface area (Å²) in [6.45, 7) is 0. The van der Waals surface area contributed by atoms with Crippen LogP contribution in [0.4, 0.5) is 17.1 Å². The minimum absolute atomic E-state index is 0.0960. The van der Waals surface area contributed by atoms with Crippen molar-refractivity contribution < 1.29 is 0 Å². The minimum Gasteiger partial charge on any atom is -0.331 e. The van der Waals surface area contributed by atoms with Crippen molar-refractivity contribution in [2.24, 2.45) is 0 Å². The first-order valence-electron chi connectivity index (χ1n) is 18.9. The van der Waals surface area contributed by atoms with Crippen molar-refractivity contribution >= 4 is 66.6 Å². The molecule has 0 amide bonds. The van der Waals surface area contributed by atoms with E-state index in [-0.39, 0.29) is 12.1 Å². The lowest BCUT2D eigenvalue weighted by molar-refractivity contribution is 0.703. The van der Waals surface area contributed by atoms with Crippen LogP contribution in [0.15, 0.2) is 182 Å². The molecule has 3 aromatic heterocycles. The summed E-state index contributed by atoms with van der Waals surface area (Å²) in [5.74, 6) is 0. The second kappa shape index (κ2) is 10.3. The van der Waals surface area contributed by atoms with Gasteiger partial charge >= 0.3 is 0 Å². The number of hydrogen-bond acceptors (Lipinski definition) is 2. The summed E-state index contributed by atoms with van der Waals surface area (Å²) in [6.07, 6.45) is 0. The van der Waals surface area contributed by atoms with E-state index < -0.39 is 0 Å². The number of nitrogens with zero attached hydrogens (tertiary/aromatic N) is 4. The van der Waals surface area contributed by atoms with Gasteiger partial charge in [0, 0.05) is 55.6 Å². The predicted molar refractivity (Wildman–Crippen MR) is 223 cm³/mol. The molecule has 4 heteroatoms. The van der Waals surface area contributed by atoms with Crippen LogP contribution in [-0.4, -0.2) is 15.0 Å². The monoisotopic (exact) mass is 688 g/mol. The van der Waals surface area contributed by atoms with Crippen molar-refractivity contribution in [3.63, 3.8) is 0 Å². The Morgan fingerprint density at radius 3 is 1.81 bits per heavy atom. The van der Waals surface area contributed by atoms with Gasteiger partial charge < -0.3 is 18.8 Å². The average molecular weight is 689 g/mol. The largest absolute Gasteiger partial charge is 0.331 e. The van der Waals surface area contributed by atoms with E-state index in [1.807, 2.05) is 0 Å². The highest BCUT2D eigenvalue weighted by molar-refractivity contribution is 6.28. The van der Waals surface area contributed by atoms with Crippen LogP contribution in [0.25, 0.3) is 66.4 Å². The molecule has 0 N–H and O–H groups in total. The molecule has 2 unspecified atom stereocenters. The van der Waals surface area contributed by atoms with Gasteiger partial charge in [-0.1, -0.05) is 133 Å². The Hall–Kier alpha value is -7.04. The molecule has 54 heavy (non-hydrogen) atoms. The molecule has 4 nitrogen and oxygen atoms in total. The summed E-state index contributed by atoms with van der Waals surface area (Å²) in [5, 5.41) is 3.86. The Balaban J connectivity index is 1.19. The van der Waals surface area contributed by atoms with Crippen molar-refractivity contribution in [2.45, 2.75) is 12.1 Å². The summed E-state index contributed by atoms with van der Waals surface area (Å²) < 4.78 is 5.09. The van der Waals surface area contributed by atoms with Gasteiger partial charge in [0.05, 0.1) is 45.5 Å². The van der Waals surface area contributed by atoms with Crippen LogP contribution in [0.5, 0.6) is 0 Å². The maximum absolute atomic E-state index is 2.66. The smallest absolute Gasteiger partial charge is 0.0868 e. The number of aromatic nitrogens is 2. The normalized spacial score (nSPS) is 17.1. The van der Waals surface area contributed by atoms with Crippen molar-refractivity contribution in [1.29, 1.82) is 0 Å². The molecule has 0 aliphatic carbocycles. The molecule has 3 aliphatic heterocycles. The third-order valence-electron chi connectivity index (χ3n) is 12.2. The van der Waals surface area contributed by atoms with Gasteiger partial charge in [-0.05, 0) is 59.7 Å². The first kappa shape index (κ1) is 28.5. The predicted octanol–water partition coefficient (Wildman–Crippen LogP) is 12.3. The van der Waals surface area contributed by atoms with E-state index in [1.54, 1.807) is 0 Å². The van der Waals surface area contributed by atoms with E-state index in [2.05, 4.69) is 201 Å². The Kier molecular flexibility index (Phi) is 5.44. The minimum atomic E-state index is 0.0960. The molecule has 252 valence electrons. The molecular weight excluding hydrogens is 657 g/mol. The molecule has 0 bridgehead atoms. The van der Waals surface area contributed by atoms with Gasteiger partial charge in [-0.3, -0.25) is 0 Å². The third kappa shape index (κ3) is 3.44. The fourth-order valence-electron chi connectivity index (χ4n) is 10.3. The first-order valence-corrected chi connectivity index (χ1v) is 18.9. The van der Waals surface area contributed by atoms with Crippen molar-refractivity contribution in [2.75, 3.05) is 9.80 Å². The van der Waals surface area contributed by atoms with E-state index in [1.165, 1.54) is 100 Å². The zero-order chi connectivity index (χ0) is 35.1. The Morgan fingerprint density at radius 2 is 1.06 bits per heavy atom. The van der Waals surface area contributed by atoms with E-state index in [0.29, 0.717) is 0 Å². The van der Waals surface area contributed by atoms with E-state index in [4.69, 9.17) is 0 Å². The Bertz CT molecular complexity index is 3160. The van der Waals surface area contributed by atoms with E-state index in [0.717, 1.165) is 0 Å². The molecule has 0 spiro atoms. The quantitative estimate of drug-likeness (QED) is 0.183. The van der Waals surface area contributed by atoms with Crippen LogP contribution in [0.3, 0.4) is 0 Å². The molecule has 10 aromatic rings. The summed E-state index contributed by atoms with van der Waals surface area (Å²) in [5.41, 5.74) is 19.1. The van der Waals surface area contributed by atoms with Gasteiger partial charge in [0.15, 0.2) is 0 Å². The zero-order valence-corrected chi connectivity index (χ0v) is 29.3. The van der Waals surface area contributed by atoms with Gasteiger partial charge in [-0.15, -0.1) is 0 Å². The van der Waals surface area contributed by atoms with Gasteiger partial charge in [-0.25, -0.2) is 0 Å². The van der Waals surface area contributed by atoms with Crippen molar-refractivity contribution in [3.8, 4) is 16.9 Å². The molecule has 3 aliphatic rings. The molecule has 0 saturated heterocycles. The van der Waals surface area contributed by atoms with Gasteiger partial charge in [-0.2, -0.15) is 0 Å². The number of rotatable bonds is 4. The molecule has 0 radical (unpaired) electrons. The second-order valence-electron chi connectivity index (χ2n) is 14.8. The number of anilines is 3. The SMILES string of the molecule is c1ccc(C2=C3c4ccccc4N4c5cc6c7c8c(c(-c9ccccc9)n7-c7ccccc7)c7ccccc7n8c6cc5C(C34)N2c2ccccc2)cc1. The summed E-state index contributed by atoms with van der Waals surface area (Å²) >= 11 is 0. The van der Waals surface area contributed by atoms with Crippen LogP contribution in [0, 0.1) is 0 Å². The number of para-hydroxylation sites is 4. The lowest BCUT2D eigenvalue weighted by Gasteiger charge is -2.30. The van der Waals surface area contributed by atoms with Crippen LogP contribution < -0.4 is 9.80 Å². The lowest BCUT2D eigenvalue weighted by atomic mass is 9.95. The maximum atomic E-state index is 2.66. The topological polar surface area (TPSA) is 15.8 Å². The maximum Gasteiger partial charge on any atom is 0.0868 e. The lowest BCUT2D eigenvalue weighted by Crippen LogP contribution is -2.30. The molecule has 0 saturated carbocycles. The van der Waals surface area contributed by atoms with Crippen LogP contribution in [-0.2, 0) is 0 Å². The van der Waals surface area contributed by atoms with Crippen LogP contribution >= 0.6 is 0 Å².